The van der Waals surface area contributed by atoms with Crippen LogP contribution in [0.5, 0.6) is 17.2 Å². The maximum absolute atomic E-state index is 11.5. The minimum atomic E-state index is -0.513. The van der Waals surface area contributed by atoms with E-state index < -0.39 is 4.92 Å². The third-order valence-corrected chi connectivity index (χ3v) is 5.73. The zero-order valence-corrected chi connectivity index (χ0v) is 20.5. The monoisotopic (exact) mass is 574 g/mol. The van der Waals surface area contributed by atoms with Crippen molar-refractivity contribution in [2.75, 3.05) is 14.2 Å². The van der Waals surface area contributed by atoms with Crippen molar-refractivity contribution in [3.63, 3.8) is 0 Å². The Kier molecular flexibility index (Phi) is 6.34. The van der Waals surface area contributed by atoms with Crippen molar-refractivity contribution >= 4 is 55.2 Å². The molecule has 2 aromatic heterocycles. The second kappa shape index (κ2) is 9.20. The minimum Gasteiger partial charge on any atom is -0.504 e. The normalized spacial score (nSPS) is 11.3. The molecule has 0 spiro atoms. The first kappa shape index (κ1) is 22.7. The van der Waals surface area contributed by atoms with Crippen LogP contribution in [-0.4, -0.2) is 39.8 Å². The molecule has 0 radical (unpaired) electrons. The molecule has 11 heteroatoms. The number of aromatic hydroxyl groups is 1. The van der Waals surface area contributed by atoms with E-state index in [0.717, 1.165) is 4.47 Å². The predicted octanol–water partition coefficient (Wildman–Crippen LogP) is 5.91. The van der Waals surface area contributed by atoms with Crippen LogP contribution in [0.25, 0.3) is 16.9 Å². The Morgan fingerprint density at radius 1 is 1.12 bits per heavy atom. The van der Waals surface area contributed by atoms with Crippen LogP contribution in [0.4, 0.5) is 11.5 Å². The molecule has 0 unspecified atom stereocenters. The van der Waals surface area contributed by atoms with Crippen LogP contribution in [0.3, 0.4) is 0 Å². The first-order valence-electron chi connectivity index (χ1n) is 9.43. The van der Waals surface area contributed by atoms with Crippen LogP contribution in [0.15, 0.2) is 62.6 Å². The van der Waals surface area contributed by atoms with Crippen molar-refractivity contribution in [3.8, 4) is 28.5 Å². The number of aromatic nitrogens is 2. The number of nitrogens with zero attached hydrogens (tertiary/aromatic N) is 4. The molecule has 0 aliphatic rings. The van der Waals surface area contributed by atoms with E-state index in [2.05, 4.69) is 41.8 Å². The Hall–Kier alpha value is -3.44. The minimum absolute atomic E-state index is 0.00370. The molecular formula is C22H16Br2N4O5. The van der Waals surface area contributed by atoms with Gasteiger partial charge in [0.1, 0.15) is 11.3 Å². The number of hydrogen-bond donors (Lipinski definition) is 1. The number of ether oxygens (including phenoxy) is 2. The molecule has 0 saturated carbocycles. The Bertz CT molecular complexity index is 1420. The average molecular weight is 576 g/mol. The second-order valence-electron chi connectivity index (χ2n) is 6.81. The molecule has 33 heavy (non-hydrogen) atoms. The highest BCUT2D eigenvalue weighted by molar-refractivity contribution is 9.10. The summed E-state index contributed by atoms with van der Waals surface area (Å²) in [5.74, 6) is 0.868. The number of phenolic OH excluding ortho intramolecular Hbond substituents is 1. The van der Waals surface area contributed by atoms with Crippen molar-refractivity contribution in [1.82, 2.24) is 9.38 Å². The number of imidazole rings is 1. The Morgan fingerprint density at radius 3 is 2.61 bits per heavy atom. The van der Waals surface area contributed by atoms with Gasteiger partial charge in [0.2, 0.25) is 5.75 Å². The topological polar surface area (TPSA) is 111 Å². The van der Waals surface area contributed by atoms with E-state index in [1.807, 2.05) is 18.3 Å². The number of nitro groups is 1. The predicted molar refractivity (Wildman–Crippen MR) is 131 cm³/mol. The fraction of sp³-hybridized carbons (Fsp3) is 0.0909. The molecular weight excluding hydrogens is 560 g/mol. The van der Waals surface area contributed by atoms with Crippen LogP contribution < -0.4 is 9.47 Å². The van der Waals surface area contributed by atoms with Crippen molar-refractivity contribution in [2.45, 2.75) is 0 Å². The van der Waals surface area contributed by atoms with Gasteiger partial charge in [-0.15, -0.1) is 0 Å². The summed E-state index contributed by atoms with van der Waals surface area (Å²) in [7, 11) is 2.83. The van der Waals surface area contributed by atoms with Gasteiger partial charge >= 0.3 is 5.69 Å². The molecule has 0 aliphatic heterocycles. The zero-order chi connectivity index (χ0) is 23.7. The third kappa shape index (κ3) is 4.41. The van der Waals surface area contributed by atoms with E-state index >= 15 is 0 Å². The average Bonchev–Trinajstić information content (AvgIpc) is 3.15. The van der Waals surface area contributed by atoms with Crippen LogP contribution in [0.1, 0.15) is 5.56 Å². The molecule has 0 aliphatic carbocycles. The number of phenols is 1. The highest BCUT2D eigenvalue weighted by atomic mass is 79.9. The van der Waals surface area contributed by atoms with Crippen LogP contribution in [0.2, 0.25) is 0 Å². The molecule has 0 saturated heterocycles. The lowest BCUT2D eigenvalue weighted by Crippen LogP contribution is -1.98. The Morgan fingerprint density at radius 2 is 1.91 bits per heavy atom. The summed E-state index contributed by atoms with van der Waals surface area (Å²) in [6, 6.07) is 11.6. The molecule has 9 nitrogen and oxygen atoms in total. The maximum Gasteiger partial charge on any atom is 0.312 e. The van der Waals surface area contributed by atoms with E-state index in [4.69, 9.17) is 9.47 Å². The van der Waals surface area contributed by atoms with Crippen LogP contribution in [-0.2, 0) is 0 Å². The van der Waals surface area contributed by atoms with Gasteiger partial charge in [-0.05, 0) is 52.3 Å². The summed E-state index contributed by atoms with van der Waals surface area (Å²) in [6.07, 6.45) is 3.30. The molecule has 2 aromatic carbocycles. The van der Waals surface area contributed by atoms with E-state index in [1.165, 1.54) is 32.6 Å². The first-order valence-corrected chi connectivity index (χ1v) is 11.0. The standard InChI is InChI=1S/C22H16Br2N4O5/c1-32-18-8-12(3-5-17(18)29)20-22(27-11-14(23)4-6-19(27)26-20)25-10-13-7-15(24)9-16(28(30)31)21(13)33-2/h3-11,29H,1-2H3. The van der Waals surface area contributed by atoms with E-state index in [1.54, 1.807) is 22.6 Å². The lowest BCUT2D eigenvalue weighted by Gasteiger charge is -2.07. The Labute approximate surface area is 204 Å². The largest absolute Gasteiger partial charge is 0.504 e. The molecule has 0 amide bonds. The van der Waals surface area contributed by atoms with Gasteiger partial charge < -0.3 is 14.6 Å². The van der Waals surface area contributed by atoms with Gasteiger partial charge in [-0.2, -0.15) is 0 Å². The van der Waals surface area contributed by atoms with Crippen molar-refractivity contribution in [3.05, 3.63) is 73.3 Å². The molecule has 0 bridgehead atoms. The third-order valence-electron chi connectivity index (χ3n) is 4.80. The number of methoxy groups -OCH3 is 2. The van der Waals surface area contributed by atoms with E-state index in [-0.39, 0.29) is 17.2 Å². The number of aliphatic imine (C=N–C) groups is 1. The molecule has 0 fully saturated rings. The van der Waals surface area contributed by atoms with E-state index in [9.17, 15) is 15.2 Å². The summed E-state index contributed by atoms with van der Waals surface area (Å²) in [5, 5.41) is 21.4. The molecule has 0 atom stereocenters. The summed E-state index contributed by atoms with van der Waals surface area (Å²) < 4.78 is 13.6. The van der Waals surface area contributed by atoms with Gasteiger partial charge in [0.25, 0.3) is 0 Å². The summed E-state index contributed by atoms with van der Waals surface area (Å²) in [5.41, 5.74) is 2.07. The van der Waals surface area contributed by atoms with Crippen molar-refractivity contribution in [1.29, 1.82) is 0 Å². The quantitative estimate of drug-likeness (QED) is 0.174. The van der Waals surface area contributed by atoms with Crippen molar-refractivity contribution in [2.24, 2.45) is 4.99 Å². The van der Waals surface area contributed by atoms with Gasteiger partial charge in [-0.1, -0.05) is 15.9 Å². The number of halogens is 2. The van der Waals surface area contributed by atoms with Gasteiger partial charge in [0.05, 0.1) is 19.1 Å². The maximum atomic E-state index is 11.5. The fourth-order valence-electron chi connectivity index (χ4n) is 3.33. The number of nitro benzene ring substituents is 1. The molecule has 2 heterocycles. The van der Waals surface area contributed by atoms with Crippen LogP contribution in [0, 0.1) is 10.1 Å². The lowest BCUT2D eigenvalue weighted by molar-refractivity contribution is -0.385. The summed E-state index contributed by atoms with van der Waals surface area (Å²) >= 11 is 6.77. The van der Waals surface area contributed by atoms with Crippen LogP contribution >= 0.6 is 31.9 Å². The fourth-order valence-corrected chi connectivity index (χ4v) is 4.13. The molecule has 4 rings (SSSR count). The number of hydrogen-bond acceptors (Lipinski definition) is 7. The Balaban J connectivity index is 1.93. The number of pyridine rings is 1. The SMILES string of the molecule is COc1cc(-c2nc3ccc(Br)cn3c2N=Cc2cc(Br)cc([N+](=O)[O-])c2OC)ccc1O. The first-order chi connectivity index (χ1) is 15.8. The molecule has 4 aromatic rings. The number of fused-ring (bicyclic) bond motifs is 1. The smallest absolute Gasteiger partial charge is 0.312 e. The molecule has 1 N–H and O–H groups in total. The highest BCUT2D eigenvalue weighted by Crippen LogP contribution is 2.38. The lowest BCUT2D eigenvalue weighted by atomic mass is 10.1. The number of rotatable bonds is 6. The summed E-state index contributed by atoms with van der Waals surface area (Å²) in [4.78, 5) is 20.3. The van der Waals surface area contributed by atoms with Gasteiger partial charge in [-0.3, -0.25) is 14.5 Å². The van der Waals surface area contributed by atoms with Gasteiger partial charge in [0, 0.05) is 38.6 Å². The number of benzene rings is 2. The highest BCUT2D eigenvalue weighted by Gasteiger charge is 2.20. The zero-order valence-electron chi connectivity index (χ0n) is 17.3. The summed E-state index contributed by atoms with van der Waals surface area (Å²) in [6.45, 7) is 0. The second-order valence-corrected chi connectivity index (χ2v) is 8.64. The van der Waals surface area contributed by atoms with Gasteiger partial charge in [-0.25, -0.2) is 9.98 Å². The van der Waals surface area contributed by atoms with Crippen molar-refractivity contribution < 1.29 is 19.5 Å². The van der Waals surface area contributed by atoms with Gasteiger partial charge in [0.15, 0.2) is 17.3 Å². The van der Waals surface area contributed by atoms with E-state index in [0.29, 0.717) is 38.5 Å². The molecule has 168 valence electrons.